The topological polar surface area (TPSA) is 21.6 Å². The highest BCUT2D eigenvalue weighted by molar-refractivity contribution is 5.96. The Balaban J connectivity index is 2.46. The van der Waals surface area contributed by atoms with Crippen molar-refractivity contribution in [3.05, 3.63) is 35.4 Å². The molecule has 80 valence electrons. The Morgan fingerprint density at radius 1 is 1.27 bits per heavy atom. The summed E-state index contributed by atoms with van der Waals surface area (Å²) >= 11 is 0. The zero-order valence-corrected chi connectivity index (χ0v) is 9.53. The number of hydrogen-bond donors (Lipinski definition) is 0. The average Bonchev–Trinajstić information content (AvgIpc) is 2.26. The van der Waals surface area contributed by atoms with Gasteiger partial charge in [-0.1, -0.05) is 25.1 Å². The molecule has 2 heteroatoms. The first-order chi connectivity index (χ1) is 7.24. The van der Waals surface area contributed by atoms with Gasteiger partial charge < -0.3 is 4.74 Å². The maximum Gasteiger partial charge on any atom is 0.216 e. The van der Waals surface area contributed by atoms with E-state index in [1.165, 1.54) is 5.56 Å². The van der Waals surface area contributed by atoms with Gasteiger partial charge in [-0.05, 0) is 25.5 Å². The van der Waals surface area contributed by atoms with E-state index in [-0.39, 0.29) is 0 Å². The van der Waals surface area contributed by atoms with Crippen LogP contribution >= 0.6 is 0 Å². The third kappa shape index (κ3) is 1.76. The molecule has 1 aliphatic heterocycles. The van der Waals surface area contributed by atoms with E-state index < -0.39 is 0 Å². The van der Waals surface area contributed by atoms with Crippen molar-refractivity contribution in [1.82, 2.24) is 0 Å². The van der Waals surface area contributed by atoms with Gasteiger partial charge in [-0.2, -0.15) is 0 Å². The van der Waals surface area contributed by atoms with Crippen molar-refractivity contribution in [3.63, 3.8) is 0 Å². The molecular formula is C13H17NO. The Morgan fingerprint density at radius 3 is 2.73 bits per heavy atom. The lowest BCUT2D eigenvalue weighted by atomic mass is 9.88. The van der Waals surface area contributed by atoms with Gasteiger partial charge in [0.2, 0.25) is 5.90 Å². The molecule has 0 bridgehead atoms. The molecule has 0 aliphatic carbocycles. The van der Waals surface area contributed by atoms with Crippen LogP contribution in [0.4, 0.5) is 0 Å². The molecule has 0 fully saturated rings. The van der Waals surface area contributed by atoms with Crippen molar-refractivity contribution in [1.29, 1.82) is 0 Å². The van der Waals surface area contributed by atoms with Gasteiger partial charge in [0, 0.05) is 11.5 Å². The Bertz CT molecular complexity index is 384. The highest BCUT2D eigenvalue weighted by Crippen LogP contribution is 2.30. The zero-order chi connectivity index (χ0) is 10.8. The van der Waals surface area contributed by atoms with Crippen molar-refractivity contribution in [2.75, 3.05) is 6.61 Å². The molecule has 2 nitrogen and oxygen atoms in total. The molecule has 1 aromatic carbocycles. The largest absolute Gasteiger partial charge is 0.478 e. The molecule has 2 rings (SSSR count). The number of benzene rings is 1. The van der Waals surface area contributed by atoms with Crippen LogP contribution in [0.1, 0.15) is 37.8 Å². The lowest BCUT2D eigenvalue weighted by Crippen LogP contribution is -2.23. The third-order valence-electron chi connectivity index (χ3n) is 3.01. The predicted octanol–water partition coefficient (Wildman–Crippen LogP) is 2.98. The highest BCUT2D eigenvalue weighted by atomic mass is 16.5. The summed E-state index contributed by atoms with van der Waals surface area (Å²) in [6, 6.07) is 8.69. The van der Waals surface area contributed by atoms with Crippen LogP contribution < -0.4 is 0 Å². The molecule has 0 radical (unpaired) electrons. The predicted molar refractivity (Wildman–Crippen MR) is 62.5 cm³/mol. The van der Waals surface area contributed by atoms with Crippen molar-refractivity contribution in [3.8, 4) is 0 Å². The minimum absolute atomic E-state index is 0.307. The molecule has 0 saturated heterocycles. The maximum atomic E-state index is 5.58. The summed E-state index contributed by atoms with van der Waals surface area (Å²) in [6.45, 7) is 7.03. The average molecular weight is 203 g/mol. The maximum absolute atomic E-state index is 5.58. The summed E-state index contributed by atoms with van der Waals surface area (Å²) in [6.07, 6.45) is 0. The Hall–Kier alpha value is -1.31. The molecule has 0 spiro atoms. The number of ether oxygens (including phenoxy) is 1. The van der Waals surface area contributed by atoms with Crippen LogP contribution in [0.25, 0.3) is 0 Å². The van der Waals surface area contributed by atoms with Crippen molar-refractivity contribution in [2.45, 2.75) is 32.7 Å². The van der Waals surface area contributed by atoms with Crippen molar-refractivity contribution in [2.24, 2.45) is 4.99 Å². The van der Waals surface area contributed by atoms with Gasteiger partial charge in [-0.3, -0.25) is 0 Å². The molecule has 1 aliphatic rings. The molecule has 0 amide bonds. The fourth-order valence-electron chi connectivity index (χ4n) is 1.97. The summed E-state index contributed by atoms with van der Waals surface area (Å²) < 4.78 is 5.58. The Kier molecular flexibility index (Phi) is 2.76. The van der Waals surface area contributed by atoms with Crippen molar-refractivity contribution >= 4 is 5.90 Å². The first-order valence-electron chi connectivity index (χ1n) is 5.54. The van der Waals surface area contributed by atoms with Gasteiger partial charge in [0.15, 0.2) is 0 Å². The Labute approximate surface area is 91.0 Å². The number of rotatable bonds is 1. The standard InChI is InChI=1S/C13H17NO/c1-4-15-13-12-8-6-5-7-11(12)9(2)10(3)14-13/h5-10H,4H2,1-3H3. The minimum atomic E-state index is 0.307. The second-order valence-electron chi connectivity index (χ2n) is 3.98. The van der Waals surface area contributed by atoms with E-state index in [0.29, 0.717) is 18.6 Å². The monoisotopic (exact) mass is 203 g/mol. The van der Waals surface area contributed by atoms with E-state index in [1.807, 2.05) is 13.0 Å². The van der Waals surface area contributed by atoms with E-state index in [0.717, 1.165) is 11.5 Å². The zero-order valence-electron chi connectivity index (χ0n) is 9.53. The lowest BCUT2D eigenvalue weighted by Gasteiger charge is -2.26. The fraction of sp³-hybridized carbons (Fsp3) is 0.462. The minimum Gasteiger partial charge on any atom is -0.478 e. The molecule has 0 N–H and O–H groups in total. The van der Waals surface area contributed by atoms with Crippen LogP contribution in [0.15, 0.2) is 29.3 Å². The molecule has 2 atom stereocenters. The molecule has 1 heterocycles. The van der Waals surface area contributed by atoms with E-state index in [1.54, 1.807) is 0 Å². The lowest BCUT2D eigenvalue weighted by molar-refractivity contribution is 0.321. The second-order valence-corrected chi connectivity index (χ2v) is 3.98. The SMILES string of the molecule is CCOC1=NC(C)C(C)c2ccccc21. The number of aliphatic imine (C=N–C) groups is 1. The first-order valence-corrected chi connectivity index (χ1v) is 5.54. The van der Waals surface area contributed by atoms with Crippen LogP contribution in [0, 0.1) is 0 Å². The molecule has 0 saturated carbocycles. The van der Waals surface area contributed by atoms with Gasteiger partial charge in [0.25, 0.3) is 0 Å². The quantitative estimate of drug-likeness (QED) is 0.687. The van der Waals surface area contributed by atoms with Gasteiger partial charge in [-0.25, -0.2) is 4.99 Å². The van der Waals surface area contributed by atoms with E-state index >= 15 is 0 Å². The fourth-order valence-corrected chi connectivity index (χ4v) is 1.97. The normalized spacial score (nSPS) is 24.3. The number of fused-ring (bicyclic) bond motifs is 1. The molecule has 0 aromatic heterocycles. The molecule has 15 heavy (non-hydrogen) atoms. The first kappa shape index (κ1) is 10.2. The van der Waals surface area contributed by atoms with Crippen LogP contribution in [0.3, 0.4) is 0 Å². The highest BCUT2D eigenvalue weighted by Gasteiger charge is 2.25. The Morgan fingerprint density at radius 2 is 2.00 bits per heavy atom. The second kappa shape index (κ2) is 4.05. The van der Waals surface area contributed by atoms with Crippen LogP contribution in [0.2, 0.25) is 0 Å². The summed E-state index contributed by atoms with van der Waals surface area (Å²) in [5.41, 5.74) is 2.51. The van der Waals surface area contributed by atoms with Gasteiger partial charge in [0.1, 0.15) is 0 Å². The summed E-state index contributed by atoms with van der Waals surface area (Å²) in [5, 5.41) is 0. The third-order valence-corrected chi connectivity index (χ3v) is 3.01. The van der Waals surface area contributed by atoms with Crippen LogP contribution in [0.5, 0.6) is 0 Å². The van der Waals surface area contributed by atoms with Crippen LogP contribution in [-0.4, -0.2) is 18.5 Å². The molecule has 2 unspecified atom stereocenters. The smallest absolute Gasteiger partial charge is 0.216 e. The summed E-state index contributed by atoms with van der Waals surface area (Å²) in [7, 11) is 0. The summed E-state index contributed by atoms with van der Waals surface area (Å²) in [4.78, 5) is 4.59. The van der Waals surface area contributed by atoms with Crippen molar-refractivity contribution < 1.29 is 4.74 Å². The number of nitrogens with zero attached hydrogens (tertiary/aromatic N) is 1. The van der Waals surface area contributed by atoms with E-state index in [4.69, 9.17) is 4.74 Å². The van der Waals surface area contributed by atoms with Crippen LogP contribution in [-0.2, 0) is 4.74 Å². The molecule has 1 aromatic rings. The van der Waals surface area contributed by atoms with Gasteiger partial charge in [-0.15, -0.1) is 0 Å². The molecular weight excluding hydrogens is 186 g/mol. The van der Waals surface area contributed by atoms with Gasteiger partial charge in [0.05, 0.1) is 12.6 Å². The van der Waals surface area contributed by atoms with E-state index in [2.05, 4.69) is 37.0 Å². The number of hydrogen-bond acceptors (Lipinski definition) is 2. The van der Waals surface area contributed by atoms with E-state index in [9.17, 15) is 0 Å². The van der Waals surface area contributed by atoms with Gasteiger partial charge >= 0.3 is 0 Å². The summed E-state index contributed by atoms with van der Waals surface area (Å²) in [5.74, 6) is 1.28.